The third-order valence-electron chi connectivity index (χ3n) is 7.82. The van der Waals surface area contributed by atoms with Crippen molar-refractivity contribution in [3.63, 3.8) is 0 Å². The summed E-state index contributed by atoms with van der Waals surface area (Å²) in [5, 5.41) is 0.509. The second-order valence-electron chi connectivity index (χ2n) is 10.4. The summed E-state index contributed by atoms with van der Waals surface area (Å²) in [5.74, 6) is 1.82. The Morgan fingerprint density at radius 2 is 1.85 bits per heavy atom. The van der Waals surface area contributed by atoms with Gasteiger partial charge in [0, 0.05) is 24.6 Å². The number of unbranched alkanes of at least 4 members (excludes halogenated alkanes) is 3. The number of hydrogen-bond donors (Lipinski definition) is 0. The molecular formula is C31H40BrN3O4. The largest absolute Gasteiger partial charge is 0.497 e. The third kappa shape index (κ3) is 6.32. The van der Waals surface area contributed by atoms with E-state index in [9.17, 15) is 9.59 Å². The molecule has 0 bridgehead atoms. The molecule has 1 aromatic heterocycles. The summed E-state index contributed by atoms with van der Waals surface area (Å²) in [6.45, 7) is 4.83. The maximum atomic E-state index is 14.1. The molecule has 8 heteroatoms. The number of benzene rings is 2. The summed E-state index contributed by atoms with van der Waals surface area (Å²) in [7, 11) is 3.16. The Kier molecular flexibility index (Phi) is 10.1. The van der Waals surface area contributed by atoms with Crippen molar-refractivity contribution < 1.29 is 14.3 Å². The molecule has 7 nitrogen and oxygen atoms in total. The molecule has 4 rings (SSSR count). The van der Waals surface area contributed by atoms with Crippen LogP contribution in [-0.4, -0.2) is 41.1 Å². The number of ether oxygens (including phenoxy) is 2. The number of halogens is 1. The number of carbonyl (C=O) groups excluding carboxylic acids is 1. The van der Waals surface area contributed by atoms with Crippen molar-refractivity contribution in [2.75, 3.05) is 20.8 Å². The van der Waals surface area contributed by atoms with E-state index in [1.54, 1.807) is 37.0 Å². The SMILES string of the molecule is CCCCCCN(C(=O)C1CCCCC1)C(C)c1nc2ccccc2c(=O)n1-c1cc(OC)cc(OC)c1Br. The molecule has 1 heterocycles. The average molecular weight is 599 g/mol. The van der Waals surface area contributed by atoms with Crippen molar-refractivity contribution >= 4 is 32.7 Å². The normalized spacial score (nSPS) is 14.8. The highest BCUT2D eigenvalue weighted by atomic mass is 79.9. The average Bonchev–Trinajstić information content (AvgIpc) is 2.97. The van der Waals surface area contributed by atoms with Gasteiger partial charge in [0.2, 0.25) is 5.91 Å². The number of carbonyl (C=O) groups is 1. The summed E-state index contributed by atoms with van der Waals surface area (Å²) >= 11 is 3.66. The van der Waals surface area contributed by atoms with Crippen LogP contribution in [0.2, 0.25) is 0 Å². The number of methoxy groups -OCH3 is 2. The number of rotatable bonds is 11. The van der Waals surface area contributed by atoms with E-state index in [4.69, 9.17) is 14.5 Å². The highest BCUT2D eigenvalue weighted by Crippen LogP contribution is 2.37. The molecule has 1 amide bonds. The standard InChI is InChI=1S/C31H40BrN3O4/c1-5-6-7-13-18-34(30(36)22-14-9-8-10-15-22)21(2)29-33-25-17-12-11-16-24(25)31(37)35(29)26-19-23(38-3)20-27(39-4)28(26)32/h11-12,16-17,19-22H,5-10,13-15,18H2,1-4H3. The Bertz CT molecular complexity index is 1350. The number of hydrogen-bond acceptors (Lipinski definition) is 5. The highest BCUT2D eigenvalue weighted by Gasteiger charge is 2.32. The Morgan fingerprint density at radius 1 is 1.10 bits per heavy atom. The molecule has 0 aliphatic heterocycles. The molecule has 0 saturated heterocycles. The van der Waals surface area contributed by atoms with Crippen molar-refractivity contribution in [2.45, 2.75) is 77.7 Å². The lowest BCUT2D eigenvalue weighted by Crippen LogP contribution is -2.41. The molecule has 1 aliphatic carbocycles. The van der Waals surface area contributed by atoms with Crippen molar-refractivity contribution in [3.8, 4) is 17.2 Å². The zero-order chi connectivity index (χ0) is 27.9. The number of aromatic nitrogens is 2. The zero-order valence-electron chi connectivity index (χ0n) is 23.5. The molecule has 2 aromatic carbocycles. The van der Waals surface area contributed by atoms with Crippen molar-refractivity contribution in [3.05, 3.63) is 57.0 Å². The van der Waals surface area contributed by atoms with Gasteiger partial charge < -0.3 is 14.4 Å². The Morgan fingerprint density at radius 3 is 2.54 bits per heavy atom. The predicted molar refractivity (Wildman–Crippen MR) is 159 cm³/mol. The van der Waals surface area contributed by atoms with Crippen LogP contribution in [0, 0.1) is 5.92 Å². The van der Waals surface area contributed by atoms with E-state index in [1.807, 2.05) is 30.0 Å². The predicted octanol–water partition coefficient (Wildman–Crippen LogP) is 7.22. The molecular weight excluding hydrogens is 558 g/mol. The molecule has 39 heavy (non-hydrogen) atoms. The van der Waals surface area contributed by atoms with E-state index in [1.165, 1.54) is 6.42 Å². The van der Waals surface area contributed by atoms with Crippen molar-refractivity contribution in [1.29, 1.82) is 0 Å². The lowest BCUT2D eigenvalue weighted by Gasteiger charge is -2.34. The first-order valence-corrected chi connectivity index (χ1v) is 14.9. The van der Waals surface area contributed by atoms with Gasteiger partial charge in [-0.05, 0) is 54.2 Å². The zero-order valence-corrected chi connectivity index (χ0v) is 25.1. The molecule has 1 fully saturated rings. The first-order chi connectivity index (χ1) is 18.9. The topological polar surface area (TPSA) is 73.7 Å². The van der Waals surface area contributed by atoms with Crippen LogP contribution in [0.5, 0.6) is 11.5 Å². The van der Waals surface area contributed by atoms with Gasteiger partial charge in [0.15, 0.2) is 0 Å². The minimum atomic E-state index is -0.414. The fourth-order valence-electron chi connectivity index (χ4n) is 5.58. The molecule has 1 saturated carbocycles. The van der Waals surface area contributed by atoms with Gasteiger partial charge in [-0.1, -0.05) is 57.6 Å². The molecule has 0 radical (unpaired) electrons. The van der Waals surface area contributed by atoms with Gasteiger partial charge >= 0.3 is 0 Å². The molecule has 210 valence electrons. The van der Waals surface area contributed by atoms with E-state index in [-0.39, 0.29) is 17.4 Å². The van der Waals surface area contributed by atoms with Crippen LogP contribution in [0.15, 0.2) is 45.7 Å². The van der Waals surface area contributed by atoms with Gasteiger partial charge in [0.1, 0.15) is 17.3 Å². The first-order valence-electron chi connectivity index (χ1n) is 14.1. The minimum Gasteiger partial charge on any atom is -0.497 e. The van der Waals surface area contributed by atoms with E-state index in [2.05, 4.69) is 22.9 Å². The van der Waals surface area contributed by atoms with E-state index in [0.29, 0.717) is 44.9 Å². The third-order valence-corrected chi connectivity index (χ3v) is 8.62. The van der Waals surface area contributed by atoms with Gasteiger partial charge in [0.25, 0.3) is 5.56 Å². The second-order valence-corrected chi connectivity index (χ2v) is 11.2. The smallest absolute Gasteiger partial charge is 0.266 e. The van der Waals surface area contributed by atoms with E-state index in [0.717, 1.165) is 51.4 Å². The lowest BCUT2D eigenvalue weighted by molar-refractivity contribution is -0.139. The van der Waals surface area contributed by atoms with Crippen LogP contribution >= 0.6 is 15.9 Å². The number of para-hydroxylation sites is 1. The molecule has 0 spiro atoms. The van der Waals surface area contributed by atoms with Gasteiger partial charge in [-0.3, -0.25) is 14.2 Å². The van der Waals surface area contributed by atoms with Crippen LogP contribution in [0.4, 0.5) is 0 Å². The molecule has 3 aromatic rings. The van der Waals surface area contributed by atoms with E-state index < -0.39 is 6.04 Å². The van der Waals surface area contributed by atoms with Crippen molar-refractivity contribution in [1.82, 2.24) is 14.5 Å². The van der Waals surface area contributed by atoms with Crippen LogP contribution in [0.25, 0.3) is 16.6 Å². The van der Waals surface area contributed by atoms with Gasteiger partial charge in [-0.25, -0.2) is 4.98 Å². The van der Waals surface area contributed by atoms with Crippen molar-refractivity contribution in [2.24, 2.45) is 5.92 Å². The van der Waals surface area contributed by atoms with Gasteiger partial charge in [-0.15, -0.1) is 0 Å². The maximum absolute atomic E-state index is 14.1. The second kappa shape index (κ2) is 13.5. The molecule has 0 N–H and O–H groups in total. The lowest BCUT2D eigenvalue weighted by atomic mass is 9.88. The molecule has 1 aliphatic rings. The summed E-state index contributed by atoms with van der Waals surface area (Å²) in [6, 6.07) is 10.5. The van der Waals surface area contributed by atoms with Crippen LogP contribution in [0.1, 0.15) is 83.5 Å². The van der Waals surface area contributed by atoms with Crippen LogP contribution in [-0.2, 0) is 4.79 Å². The summed E-state index contributed by atoms with van der Waals surface area (Å²) in [4.78, 5) is 35.1. The maximum Gasteiger partial charge on any atom is 0.266 e. The van der Waals surface area contributed by atoms with E-state index >= 15 is 0 Å². The van der Waals surface area contributed by atoms with Gasteiger partial charge in [0.05, 0.1) is 41.3 Å². The number of amides is 1. The highest BCUT2D eigenvalue weighted by molar-refractivity contribution is 9.10. The fourth-order valence-corrected chi connectivity index (χ4v) is 6.15. The summed E-state index contributed by atoms with van der Waals surface area (Å²) in [5.41, 5.74) is 0.976. The first kappa shape index (κ1) is 29.1. The van der Waals surface area contributed by atoms with Crippen LogP contribution in [0.3, 0.4) is 0 Å². The Labute approximate surface area is 239 Å². The fraction of sp³-hybridized carbons (Fsp3) is 0.516. The molecule has 1 unspecified atom stereocenters. The number of fused-ring (bicyclic) bond motifs is 1. The Hall–Kier alpha value is -2.87. The minimum absolute atomic E-state index is 0.0247. The number of nitrogens with zero attached hydrogens (tertiary/aromatic N) is 3. The Balaban J connectivity index is 1.89. The summed E-state index contributed by atoms with van der Waals surface area (Å²) < 4.78 is 13.4. The van der Waals surface area contributed by atoms with Gasteiger partial charge in [-0.2, -0.15) is 0 Å². The summed E-state index contributed by atoms with van der Waals surface area (Å²) in [6.07, 6.45) is 9.46. The van der Waals surface area contributed by atoms with Crippen LogP contribution < -0.4 is 15.0 Å². The monoisotopic (exact) mass is 597 g/mol. The quantitative estimate of drug-likeness (QED) is 0.218. The molecule has 1 atom stereocenters.